The van der Waals surface area contributed by atoms with E-state index in [1.807, 2.05) is 0 Å². The minimum absolute atomic E-state index is 0.238. The smallest absolute Gasteiger partial charge is 0.0730 e. The van der Waals surface area contributed by atoms with Gasteiger partial charge in [-0.05, 0) is 12.3 Å². The third kappa shape index (κ3) is 7.92. The summed E-state index contributed by atoms with van der Waals surface area (Å²) in [6.07, 6.45) is 0. The SMILES string of the molecule is [CH2]CNOCC(C)(C)C. The molecule has 9 heavy (non-hydrogen) atoms. The average Bonchev–Trinajstić information content (AvgIpc) is 1.63. The third-order valence-electron chi connectivity index (χ3n) is 0.709. The van der Waals surface area contributed by atoms with Crippen LogP contribution < -0.4 is 5.48 Å². The lowest BCUT2D eigenvalue weighted by atomic mass is 9.99. The highest BCUT2D eigenvalue weighted by molar-refractivity contribution is 4.57. The summed E-state index contributed by atoms with van der Waals surface area (Å²) in [4.78, 5) is 5.03. The van der Waals surface area contributed by atoms with Crippen molar-refractivity contribution in [2.75, 3.05) is 13.2 Å². The second-order valence-electron chi connectivity index (χ2n) is 3.24. The summed E-state index contributed by atoms with van der Waals surface area (Å²) in [5.74, 6) is 0. The topological polar surface area (TPSA) is 21.3 Å². The third-order valence-corrected chi connectivity index (χ3v) is 0.709. The zero-order valence-corrected chi connectivity index (χ0v) is 6.53. The molecule has 2 nitrogen and oxygen atoms in total. The van der Waals surface area contributed by atoms with Gasteiger partial charge in [-0.15, -0.1) is 0 Å². The molecule has 0 aliphatic heterocycles. The van der Waals surface area contributed by atoms with Gasteiger partial charge in [-0.3, -0.25) is 0 Å². The molecule has 1 N–H and O–H groups in total. The zero-order chi connectivity index (χ0) is 7.33. The molecule has 0 rings (SSSR count). The number of hydrogen-bond acceptors (Lipinski definition) is 2. The molecule has 0 heterocycles. The van der Waals surface area contributed by atoms with Crippen LogP contribution in [0.25, 0.3) is 0 Å². The summed E-state index contributed by atoms with van der Waals surface area (Å²) in [5, 5.41) is 0. The summed E-state index contributed by atoms with van der Waals surface area (Å²) in [6.45, 7) is 11.3. The molecule has 0 aromatic rings. The Morgan fingerprint density at radius 3 is 2.33 bits per heavy atom. The summed E-state index contributed by atoms with van der Waals surface area (Å²) in [5.41, 5.74) is 2.93. The van der Waals surface area contributed by atoms with E-state index >= 15 is 0 Å². The van der Waals surface area contributed by atoms with Crippen LogP contribution in [0.15, 0.2) is 0 Å². The van der Waals surface area contributed by atoms with Crippen LogP contribution in [0.4, 0.5) is 0 Å². The molecule has 0 spiro atoms. The fraction of sp³-hybridized carbons (Fsp3) is 0.857. The highest BCUT2D eigenvalue weighted by Gasteiger charge is 2.08. The van der Waals surface area contributed by atoms with Crippen molar-refractivity contribution in [3.05, 3.63) is 6.92 Å². The van der Waals surface area contributed by atoms with Gasteiger partial charge in [0.25, 0.3) is 0 Å². The maximum Gasteiger partial charge on any atom is 0.0730 e. The summed E-state index contributed by atoms with van der Waals surface area (Å²) in [6, 6.07) is 0. The first-order valence-corrected chi connectivity index (χ1v) is 3.20. The van der Waals surface area contributed by atoms with Gasteiger partial charge in [0.15, 0.2) is 0 Å². The van der Waals surface area contributed by atoms with E-state index in [0.717, 1.165) is 6.61 Å². The van der Waals surface area contributed by atoms with Gasteiger partial charge >= 0.3 is 0 Å². The van der Waals surface area contributed by atoms with Gasteiger partial charge < -0.3 is 4.84 Å². The molecule has 0 unspecified atom stereocenters. The van der Waals surface area contributed by atoms with Crippen LogP contribution in [-0.2, 0) is 4.84 Å². The van der Waals surface area contributed by atoms with E-state index in [0.29, 0.717) is 6.54 Å². The van der Waals surface area contributed by atoms with Gasteiger partial charge in [0, 0.05) is 6.54 Å². The quantitative estimate of drug-likeness (QED) is 0.460. The van der Waals surface area contributed by atoms with Gasteiger partial charge in [0.2, 0.25) is 0 Å². The number of hydrogen-bond donors (Lipinski definition) is 1. The van der Waals surface area contributed by atoms with Crippen LogP contribution in [0.5, 0.6) is 0 Å². The largest absolute Gasteiger partial charge is 0.301 e. The predicted molar refractivity (Wildman–Crippen MR) is 38.8 cm³/mol. The van der Waals surface area contributed by atoms with Gasteiger partial charge in [0.05, 0.1) is 6.61 Å². The van der Waals surface area contributed by atoms with Crippen molar-refractivity contribution in [1.82, 2.24) is 5.48 Å². The van der Waals surface area contributed by atoms with E-state index in [2.05, 4.69) is 33.2 Å². The van der Waals surface area contributed by atoms with Crippen molar-refractivity contribution >= 4 is 0 Å². The lowest BCUT2D eigenvalue weighted by molar-refractivity contribution is 0.00252. The average molecular weight is 130 g/mol. The van der Waals surface area contributed by atoms with Crippen LogP contribution in [0.1, 0.15) is 20.8 Å². The van der Waals surface area contributed by atoms with E-state index < -0.39 is 0 Å². The Morgan fingerprint density at radius 1 is 1.44 bits per heavy atom. The molecule has 0 saturated heterocycles. The molecule has 0 amide bonds. The van der Waals surface area contributed by atoms with Gasteiger partial charge in [0.1, 0.15) is 0 Å². The molecule has 0 aliphatic rings. The zero-order valence-electron chi connectivity index (χ0n) is 6.53. The normalized spacial score (nSPS) is 12.0. The molecule has 2 heteroatoms. The number of hydroxylamine groups is 1. The van der Waals surface area contributed by atoms with Crippen LogP contribution >= 0.6 is 0 Å². The molecule has 0 bridgehead atoms. The van der Waals surface area contributed by atoms with Crippen molar-refractivity contribution < 1.29 is 4.84 Å². The van der Waals surface area contributed by atoms with E-state index in [4.69, 9.17) is 4.84 Å². The molecular formula is C7H16NO. The van der Waals surface area contributed by atoms with Crippen LogP contribution in [-0.4, -0.2) is 13.2 Å². The second kappa shape index (κ2) is 3.85. The molecule has 0 aliphatic carbocycles. The first-order valence-electron chi connectivity index (χ1n) is 3.20. The lowest BCUT2D eigenvalue weighted by Gasteiger charge is -2.17. The molecule has 0 aromatic heterocycles. The standard InChI is InChI=1S/C7H16NO/c1-5-8-9-6-7(2,3)4/h8H,1,5-6H2,2-4H3. The Hall–Kier alpha value is -0.0800. The Balaban J connectivity index is 3.07. The van der Waals surface area contributed by atoms with E-state index in [1.165, 1.54) is 0 Å². The first-order chi connectivity index (χ1) is 4.06. The van der Waals surface area contributed by atoms with E-state index in [9.17, 15) is 0 Å². The van der Waals surface area contributed by atoms with Gasteiger partial charge in [-0.1, -0.05) is 20.8 Å². The monoisotopic (exact) mass is 130 g/mol. The van der Waals surface area contributed by atoms with E-state index in [-0.39, 0.29) is 5.41 Å². The minimum Gasteiger partial charge on any atom is -0.301 e. The van der Waals surface area contributed by atoms with Crippen molar-refractivity contribution in [3.8, 4) is 0 Å². The summed E-state index contributed by atoms with van der Waals surface area (Å²) < 4.78 is 0. The minimum atomic E-state index is 0.238. The Bertz CT molecular complexity index is 65.8. The van der Waals surface area contributed by atoms with Gasteiger partial charge in [-0.25, -0.2) is 5.48 Å². The predicted octanol–water partition coefficient (Wildman–Crippen LogP) is 1.39. The Morgan fingerprint density at radius 2 is 2.00 bits per heavy atom. The second-order valence-corrected chi connectivity index (χ2v) is 3.24. The highest BCUT2D eigenvalue weighted by atomic mass is 16.6. The van der Waals surface area contributed by atoms with Crippen molar-refractivity contribution in [2.24, 2.45) is 5.41 Å². The van der Waals surface area contributed by atoms with Crippen LogP contribution in [0, 0.1) is 12.3 Å². The van der Waals surface area contributed by atoms with Crippen molar-refractivity contribution in [1.29, 1.82) is 0 Å². The summed E-state index contributed by atoms with van der Waals surface area (Å²) in [7, 11) is 0. The molecule has 55 valence electrons. The molecule has 0 aromatic carbocycles. The number of rotatable bonds is 3. The van der Waals surface area contributed by atoms with Crippen molar-refractivity contribution in [3.63, 3.8) is 0 Å². The van der Waals surface area contributed by atoms with Crippen LogP contribution in [0.3, 0.4) is 0 Å². The Labute approximate surface area is 57.5 Å². The van der Waals surface area contributed by atoms with Gasteiger partial charge in [-0.2, -0.15) is 0 Å². The lowest BCUT2D eigenvalue weighted by Crippen LogP contribution is -2.22. The molecule has 0 fully saturated rings. The fourth-order valence-corrected chi connectivity index (χ4v) is 0.340. The van der Waals surface area contributed by atoms with E-state index in [1.54, 1.807) is 0 Å². The number of nitrogens with one attached hydrogen (secondary N) is 1. The maximum absolute atomic E-state index is 5.03. The van der Waals surface area contributed by atoms with Crippen LogP contribution in [0.2, 0.25) is 0 Å². The fourth-order valence-electron chi connectivity index (χ4n) is 0.340. The van der Waals surface area contributed by atoms with Crippen molar-refractivity contribution in [2.45, 2.75) is 20.8 Å². The molecule has 0 atom stereocenters. The molecule has 0 saturated carbocycles. The Kier molecular flexibility index (Phi) is 3.82. The first kappa shape index (κ1) is 8.92. The molecular weight excluding hydrogens is 114 g/mol. The summed E-state index contributed by atoms with van der Waals surface area (Å²) >= 11 is 0. The maximum atomic E-state index is 5.03. The highest BCUT2D eigenvalue weighted by Crippen LogP contribution is 2.11. The molecule has 1 radical (unpaired) electrons.